The standard InChI is InChI=1S/C15H22N2O/c1-10(2)12-6-5-11(3)13(9-12)17(4)14(18)15(16)7-8-15/h5-6,9-10H,7-8,16H2,1-4H3. The second kappa shape index (κ2) is 4.39. The summed E-state index contributed by atoms with van der Waals surface area (Å²) >= 11 is 0. The van der Waals surface area contributed by atoms with Crippen LogP contribution in [0.25, 0.3) is 0 Å². The normalized spacial score (nSPS) is 16.8. The number of hydrogen-bond donors (Lipinski definition) is 1. The highest BCUT2D eigenvalue weighted by Gasteiger charge is 2.47. The van der Waals surface area contributed by atoms with E-state index in [-0.39, 0.29) is 5.91 Å². The molecule has 1 aliphatic carbocycles. The Kier molecular flexibility index (Phi) is 3.20. The highest BCUT2D eigenvalue weighted by molar-refractivity contribution is 6.02. The van der Waals surface area contributed by atoms with Gasteiger partial charge in [0.05, 0.1) is 5.54 Å². The number of aryl methyl sites for hydroxylation is 1. The molecule has 1 aromatic rings. The topological polar surface area (TPSA) is 46.3 Å². The molecule has 0 saturated heterocycles. The van der Waals surface area contributed by atoms with Crippen LogP contribution in [0.1, 0.15) is 43.7 Å². The number of nitrogens with zero attached hydrogens (tertiary/aromatic N) is 1. The average molecular weight is 246 g/mol. The maximum absolute atomic E-state index is 12.3. The van der Waals surface area contributed by atoms with Crippen LogP contribution >= 0.6 is 0 Å². The highest BCUT2D eigenvalue weighted by atomic mass is 16.2. The van der Waals surface area contributed by atoms with Crippen molar-refractivity contribution in [3.05, 3.63) is 29.3 Å². The number of hydrogen-bond acceptors (Lipinski definition) is 2. The van der Waals surface area contributed by atoms with Crippen LogP contribution in [0.5, 0.6) is 0 Å². The van der Waals surface area contributed by atoms with Gasteiger partial charge in [-0.3, -0.25) is 4.79 Å². The number of rotatable bonds is 3. The zero-order valence-corrected chi connectivity index (χ0v) is 11.7. The van der Waals surface area contributed by atoms with Crippen LogP contribution in [0.15, 0.2) is 18.2 Å². The largest absolute Gasteiger partial charge is 0.317 e. The van der Waals surface area contributed by atoms with Gasteiger partial charge in [0, 0.05) is 12.7 Å². The highest BCUT2D eigenvalue weighted by Crippen LogP contribution is 2.36. The molecule has 0 aliphatic heterocycles. The molecule has 2 N–H and O–H groups in total. The zero-order valence-electron chi connectivity index (χ0n) is 11.7. The minimum Gasteiger partial charge on any atom is -0.317 e. The number of carbonyl (C=O) groups excluding carboxylic acids is 1. The lowest BCUT2D eigenvalue weighted by molar-refractivity contribution is -0.120. The number of benzene rings is 1. The van der Waals surface area contributed by atoms with Crippen LogP contribution in [0.4, 0.5) is 5.69 Å². The van der Waals surface area contributed by atoms with Gasteiger partial charge in [-0.2, -0.15) is 0 Å². The summed E-state index contributed by atoms with van der Waals surface area (Å²) in [5.74, 6) is 0.493. The fourth-order valence-corrected chi connectivity index (χ4v) is 2.14. The van der Waals surface area contributed by atoms with Gasteiger partial charge in [-0.15, -0.1) is 0 Å². The monoisotopic (exact) mass is 246 g/mol. The fourth-order valence-electron chi connectivity index (χ4n) is 2.14. The van der Waals surface area contributed by atoms with Gasteiger partial charge in [-0.05, 0) is 42.9 Å². The molecule has 3 nitrogen and oxygen atoms in total. The maximum atomic E-state index is 12.3. The van der Waals surface area contributed by atoms with E-state index in [9.17, 15) is 4.79 Å². The summed E-state index contributed by atoms with van der Waals surface area (Å²) in [6.07, 6.45) is 1.61. The molecule has 0 aromatic heterocycles. The molecule has 1 aromatic carbocycles. The molecule has 18 heavy (non-hydrogen) atoms. The summed E-state index contributed by atoms with van der Waals surface area (Å²) in [6.45, 7) is 6.34. The number of anilines is 1. The summed E-state index contributed by atoms with van der Waals surface area (Å²) in [5.41, 5.74) is 8.72. The van der Waals surface area contributed by atoms with Crippen LogP contribution in [-0.4, -0.2) is 18.5 Å². The lowest BCUT2D eigenvalue weighted by Crippen LogP contribution is -2.44. The maximum Gasteiger partial charge on any atom is 0.246 e. The first-order chi connectivity index (χ1) is 8.35. The summed E-state index contributed by atoms with van der Waals surface area (Å²) in [5, 5.41) is 0. The summed E-state index contributed by atoms with van der Waals surface area (Å²) < 4.78 is 0. The lowest BCUT2D eigenvalue weighted by atomic mass is 10.00. The molecule has 0 radical (unpaired) electrons. The van der Waals surface area contributed by atoms with Crippen LogP contribution in [0, 0.1) is 6.92 Å². The van der Waals surface area contributed by atoms with E-state index in [1.807, 2.05) is 14.0 Å². The second-order valence-corrected chi connectivity index (χ2v) is 5.72. The van der Waals surface area contributed by atoms with E-state index in [0.717, 1.165) is 24.1 Å². The van der Waals surface area contributed by atoms with Gasteiger partial charge >= 0.3 is 0 Å². The Morgan fingerprint density at radius 2 is 2.00 bits per heavy atom. The summed E-state index contributed by atoms with van der Waals surface area (Å²) in [4.78, 5) is 14.0. The van der Waals surface area contributed by atoms with Crippen LogP contribution in [0.2, 0.25) is 0 Å². The van der Waals surface area contributed by atoms with E-state index in [1.165, 1.54) is 5.56 Å². The quantitative estimate of drug-likeness (QED) is 0.891. The van der Waals surface area contributed by atoms with E-state index < -0.39 is 5.54 Å². The Hall–Kier alpha value is -1.35. The van der Waals surface area contributed by atoms with E-state index in [0.29, 0.717) is 5.92 Å². The van der Waals surface area contributed by atoms with Crippen LogP contribution in [0.3, 0.4) is 0 Å². The molecule has 0 atom stereocenters. The molecule has 1 fully saturated rings. The van der Waals surface area contributed by atoms with Gasteiger partial charge in [0.15, 0.2) is 0 Å². The van der Waals surface area contributed by atoms with Gasteiger partial charge in [-0.1, -0.05) is 26.0 Å². The Morgan fingerprint density at radius 3 is 2.50 bits per heavy atom. The SMILES string of the molecule is Cc1ccc(C(C)C)cc1N(C)C(=O)C1(N)CC1. The summed E-state index contributed by atoms with van der Waals surface area (Å²) in [6, 6.07) is 6.30. The van der Waals surface area contributed by atoms with Crippen molar-refractivity contribution in [2.45, 2.75) is 45.1 Å². The van der Waals surface area contributed by atoms with E-state index in [4.69, 9.17) is 5.73 Å². The van der Waals surface area contributed by atoms with Crippen molar-refractivity contribution in [1.82, 2.24) is 0 Å². The Labute approximate surface area is 109 Å². The molecule has 1 aliphatic rings. The lowest BCUT2D eigenvalue weighted by Gasteiger charge is -2.24. The molecule has 1 saturated carbocycles. The minimum atomic E-state index is -0.602. The Morgan fingerprint density at radius 1 is 1.39 bits per heavy atom. The third-order valence-electron chi connectivity index (χ3n) is 3.78. The zero-order chi connectivity index (χ0) is 13.5. The van der Waals surface area contributed by atoms with Crippen LogP contribution < -0.4 is 10.6 Å². The Bertz CT molecular complexity index is 475. The molecule has 0 unspecified atom stereocenters. The fraction of sp³-hybridized carbons (Fsp3) is 0.533. The molecule has 98 valence electrons. The first kappa shape index (κ1) is 13.1. The minimum absolute atomic E-state index is 0.0338. The third-order valence-corrected chi connectivity index (χ3v) is 3.78. The first-order valence-electron chi connectivity index (χ1n) is 6.53. The van der Waals surface area contributed by atoms with E-state index >= 15 is 0 Å². The van der Waals surface area contributed by atoms with Gasteiger partial charge in [0.1, 0.15) is 0 Å². The molecular weight excluding hydrogens is 224 g/mol. The molecule has 0 heterocycles. The van der Waals surface area contributed by atoms with Gasteiger partial charge in [0.25, 0.3) is 0 Å². The van der Waals surface area contributed by atoms with Crippen LogP contribution in [-0.2, 0) is 4.79 Å². The van der Waals surface area contributed by atoms with Crippen molar-refractivity contribution in [2.75, 3.05) is 11.9 Å². The van der Waals surface area contributed by atoms with Crippen molar-refractivity contribution in [3.8, 4) is 0 Å². The Balaban J connectivity index is 2.31. The predicted molar refractivity (Wildman–Crippen MR) is 74.8 cm³/mol. The molecule has 2 rings (SSSR count). The van der Waals surface area contributed by atoms with Crippen molar-refractivity contribution >= 4 is 11.6 Å². The van der Waals surface area contributed by atoms with Gasteiger partial charge in [0.2, 0.25) is 5.91 Å². The van der Waals surface area contributed by atoms with Gasteiger partial charge < -0.3 is 10.6 Å². The summed E-state index contributed by atoms with van der Waals surface area (Å²) in [7, 11) is 1.82. The molecule has 0 bridgehead atoms. The van der Waals surface area contributed by atoms with E-state index in [1.54, 1.807) is 4.90 Å². The molecule has 1 amide bonds. The molecular formula is C15H22N2O. The number of amides is 1. The molecule has 3 heteroatoms. The van der Waals surface area contributed by atoms with Crippen molar-refractivity contribution < 1.29 is 4.79 Å². The number of nitrogens with two attached hydrogens (primary N) is 1. The van der Waals surface area contributed by atoms with Crippen molar-refractivity contribution in [2.24, 2.45) is 5.73 Å². The van der Waals surface area contributed by atoms with Crippen molar-refractivity contribution in [3.63, 3.8) is 0 Å². The number of likely N-dealkylation sites (N-methyl/N-ethyl adjacent to an activating group) is 1. The average Bonchev–Trinajstić information content (AvgIpc) is 3.07. The van der Waals surface area contributed by atoms with Crippen molar-refractivity contribution in [1.29, 1.82) is 0 Å². The molecule has 0 spiro atoms. The first-order valence-corrected chi connectivity index (χ1v) is 6.53. The van der Waals surface area contributed by atoms with Gasteiger partial charge in [-0.25, -0.2) is 0 Å². The van der Waals surface area contributed by atoms with E-state index in [2.05, 4.69) is 32.0 Å². The number of carbonyl (C=O) groups is 1. The third kappa shape index (κ3) is 2.27. The smallest absolute Gasteiger partial charge is 0.246 e. The second-order valence-electron chi connectivity index (χ2n) is 5.72. The predicted octanol–water partition coefficient (Wildman–Crippen LogP) is 2.57.